The molecule has 4 N–H and O–H groups in total. The Balaban J connectivity index is 2.04. The molecular formula is C11H10BN5O2S. The minimum absolute atomic E-state index is 0.0600. The van der Waals surface area contributed by atoms with E-state index in [1.165, 1.54) is 17.5 Å². The van der Waals surface area contributed by atoms with E-state index in [2.05, 4.69) is 20.8 Å². The van der Waals surface area contributed by atoms with E-state index in [1.807, 2.05) is 6.07 Å². The monoisotopic (exact) mass is 287 g/mol. The molecule has 0 spiro atoms. The van der Waals surface area contributed by atoms with E-state index >= 15 is 0 Å². The number of hydrogen-bond acceptors (Lipinski definition) is 6. The Bertz CT molecular complexity index is 673. The number of nitrogens with one attached hydrogen (secondary N) is 2. The molecule has 0 aromatic carbocycles. The first-order chi connectivity index (χ1) is 9.49. The lowest BCUT2D eigenvalue weighted by Gasteiger charge is -2.08. The quantitative estimate of drug-likeness (QED) is 0.499. The summed E-state index contributed by atoms with van der Waals surface area (Å²) < 4.78 is 0. The van der Waals surface area contributed by atoms with Crippen LogP contribution in [0, 0.1) is 6.92 Å². The molecular weight excluding hydrogens is 277 g/mol. The van der Waals surface area contributed by atoms with Crippen LogP contribution < -0.4 is 22.2 Å². The van der Waals surface area contributed by atoms with Crippen LogP contribution in [0.3, 0.4) is 0 Å². The van der Waals surface area contributed by atoms with Crippen LogP contribution in [-0.2, 0) is 0 Å². The van der Waals surface area contributed by atoms with Gasteiger partial charge in [-0.2, -0.15) is 0 Å². The van der Waals surface area contributed by atoms with Gasteiger partial charge in [-0.25, -0.2) is 4.98 Å². The maximum Gasteiger partial charge on any atom is 0.292 e. The summed E-state index contributed by atoms with van der Waals surface area (Å²) in [6.45, 7) is 1.80. The van der Waals surface area contributed by atoms with E-state index in [0.717, 1.165) is 5.56 Å². The van der Waals surface area contributed by atoms with Gasteiger partial charge in [0.05, 0.1) is 4.88 Å². The maximum atomic E-state index is 11.8. The summed E-state index contributed by atoms with van der Waals surface area (Å²) in [4.78, 5) is 31.6. The molecule has 0 atom stereocenters. The molecule has 0 saturated carbocycles. The van der Waals surface area contributed by atoms with Crippen molar-refractivity contribution >= 4 is 42.4 Å². The second-order valence-corrected chi connectivity index (χ2v) is 4.79. The van der Waals surface area contributed by atoms with Gasteiger partial charge in [0.25, 0.3) is 11.8 Å². The summed E-state index contributed by atoms with van der Waals surface area (Å²) in [6.07, 6.45) is 1.24. The van der Waals surface area contributed by atoms with Gasteiger partial charge in [0.1, 0.15) is 7.85 Å². The third-order valence-corrected chi connectivity index (χ3v) is 3.41. The third-order valence-electron chi connectivity index (χ3n) is 2.39. The highest BCUT2D eigenvalue weighted by Crippen LogP contribution is 2.14. The van der Waals surface area contributed by atoms with Gasteiger partial charge in [-0.3, -0.25) is 25.4 Å². The lowest BCUT2D eigenvalue weighted by atomic mass is 10.1. The number of nitrogens with two attached hydrogens (primary N) is 1. The molecule has 0 saturated heterocycles. The zero-order chi connectivity index (χ0) is 14.7. The minimum atomic E-state index is -0.690. The van der Waals surface area contributed by atoms with Crippen molar-refractivity contribution in [1.29, 1.82) is 0 Å². The van der Waals surface area contributed by atoms with Gasteiger partial charge in [-0.15, -0.1) is 11.3 Å². The highest BCUT2D eigenvalue weighted by molar-refractivity contribution is 7.12. The molecule has 2 rings (SSSR count). The summed E-state index contributed by atoms with van der Waals surface area (Å²) in [5.74, 6) is -1.18. The topological polar surface area (TPSA) is 110 Å². The van der Waals surface area contributed by atoms with Crippen molar-refractivity contribution in [2.24, 2.45) is 0 Å². The van der Waals surface area contributed by atoms with Gasteiger partial charge in [0, 0.05) is 11.8 Å². The second-order valence-electron chi connectivity index (χ2n) is 3.87. The number of rotatable bonds is 2. The van der Waals surface area contributed by atoms with Crippen LogP contribution in [0.15, 0.2) is 17.6 Å². The molecule has 2 heterocycles. The number of carbonyl (C=O) groups excluding carboxylic acids is 2. The molecule has 7 nitrogen and oxygen atoms in total. The minimum Gasteiger partial charge on any atom is -0.382 e. The fourth-order valence-electron chi connectivity index (χ4n) is 1.41. The highest BCUT2D eigenvalue weighted by atomic mass is 32.1. The van der Waals surface area contributed by atoms with Crippen LogP contribution in [-0.4, -0.2) is 29.6 Å². The van der Waals surface area contributed by atoms with E-state index in [-0.39, 0.29) is 17.1 Å². The Morgan fingerprint density at radius 3 is 2.70 bits per heavy atom. The van der Waals surface area contributed by atoms with Crippen LogP contribution in [0.4, 0.5) is 5.82 Å². The van der Waals surface area contributed by atoms with Crippen LogP contribution in [0.1, 0.15) is 25.7 Å². The van der Waals surface area contributed by atoms with Gasteiger partial charge in [-0.05, 0) is 23.9 Å². The maximum absolute atomic E-state index is 11.8. The summed E-state index contributed by atoms with van der Waals surface area (Å²) in [5.41, 5.74) is 10.7. The molecule has 0 bridgehead atoms. The van der Waals surface area contributed by atoms with Crippen LogP contribution in [0.5, 0.6) is 0 Å². The Kier molecular flexibility index (Phi) is 3.99. The first-order valence-electron chi connectivity index (χ1n) is 5.52. The smallest absolute Gasteiger partial charge is 0.292 e. The lowest BCUT2D eigenvalue weighted by Crippen LogP contribution is -2.42. The third kappa shape index (κ3) is 2.94. The van der Waals surface area contributed by atoms with Crippen molar-refractivity contribution < 1.29 is 9.59 Å². The van der Waals surface area contributed by atoms with E-state index in [1.54, 1.807) is 12.3 Å². The number of carbonyl (C=O) groups is 2. The molecule has 0 aliphatic heterocycles. The second kappa shape index (κ2) is 5.70. The van der Waals surface area contributed by atoms with E-state index in [4.69, 9.17) is 13.6 Å². The lowest BCUT2D eigenvalue weighted by molar-refractivity contribution is 0.0846. The van der Waals surface area contributed by atoms with Crippen LogP contribution in [0.2, 0.25) is 0 Å². The number of hydrogen-bond donors (Lipinski definition) is 3. The fourth-order valence-corrected chi connectivity index (χ4v) is 2.23. The molecule has 2 radical (unpaired) electrons. The Morgan fingerprint density at radius 1 is 1.35 bits per heavy atom. The van der Waals surface area contributed by atoms with E-state index in [9.17, 15) is 9.59 Å². The fraction of sp³-hybridized carbons (Fsp3) is 0.0909. The van der Waals surface area contributed by atoms with Crippen LogP contribution in [0.25, 0.3) is 0 Å². The number of anilines is 1. The van der Waals surface area contributed by atoms with Crippen molar-refractivity contribution in [2.75, 3.05) is 5.73 Å². The van der Waals surface area contributed by atoms with Crippen molar-refractivity contribution in [3.8, 4) is 0 Å². The normalized spacial score (nSPS) is 10.1. The highest BCUT2D eigenvalue weighted by Gasteiger charge is 2.15. The predicted octanol–water partition coefficient (Wildman–Crippen LogP) is -0.703. The number of nitrogen functional groups attached to an aromatic ring is 1. The zero-order valence-corrected chi connectivity index (χ0v) is 11.3. The first kappa shape index (κ1) is 14.0. The standard InChI is InChI=1S/C11H10BN5O2S/c1-5-2-3-20-8(5)11(19)17-16-10(18)7-9(13)14-4-6(12)15-7/h2-4H,1H3,(H2,13,14)(H,16,18)(H,17,19). The number of aromatic nitrogens is 2. The van der Waals surface area contributed by atoms with Crippen molar-refractivity contribution in [3.63, 3.8) is 0 Å². The van der Waals surface area contributed by atoms with Gasteiger partial charge < -0.3 is 5.73 Å². The van der Waals surface area contributed by atoms with E-state index in [0.29, 0.717) is 4.88 Å². The molecule has 2 aromatic rings. The number of aryl methyl sites for hydroxylation is 1. The van der Waals surface area contributed by atoms with Crippen molar-refractivity contribution in [3.05, 3.63) is 33.8 Å². The Labute approximate surface area is 120 Å². The molecule has 0 aliphatic carbocycles. The van der Waals surface area contributed by atoms with E-state index < -0.39 is 11.8 Å². The molecule has 2 amide bonds. The zero-order valence-electron chi connectivity index (χ0n) is 10.5. The molecule has 2 aromatic heterocycles. The largest absolute Gasteiger partial charge is 0.382 e. The van der Waals surface area contributed by atoms with Gasteiger partial charge in [-0.1, -0.05) is 0 Å². The summed E-state index contributed by atoms with van der Waals surface area (Å²) >= 11 is 1.27. The van der Waals surface area contributed by atoms with Gasteiger partial charge >= 0.3 is 0 Å². The van der Waals surface area contributed by atoms with Gasteiger partial charge in [0.2, 0.25) is 0 Å². The number of thiophene rings is 1. The van der Waals surface area contributed by atoms with Gasteiger partial charge in [0.15, 0.2) is 11.5 Å². The molecule has 0 unspecified atom stereocenters. The summed E-state index contributed by atoms with van der Waals surface area (Å²) in [6, 6.07) is 1.81. The molecule has 0 fully saturated rings. The van der Waals surface area contributed by atoms with Crippen LogP contribution >= 0.6 is 11.3 Å². The molecule has 100 valence electrons. The summed E-state index contributed by atoms with van der Waals surface area (Å²) in [5, 5.41) is 1.79. The molecule has 9 heteroatoms. The average Bonchev–Trinajstić information content (AvgIpc) is 2.84. The first-order valence-corrected chi connectivity index (χ1v) is 6.39. The summed E-state index contributed by atoms with van der Waals surface area (Å²) in [7, 11) is 5.42. The SMILES string of the molecule is [B]c1cnc(N)c(C(=O)NNC(=O)c2sccc2C)n1. The molecule has 0 aliphatic rings. The van der Waals surface area contributed by atoms with Crippen molar-refractivity contribution in [1.82, 2.24) is 20.8 Å². The van der Waals surface area contributed by atoms with Crippen molar-refractivity contribution in [2.45, 2.75) is 6.92 Å². The Morgan fingerprint density at radius 2 is 2.05 bits per heavy atom. The Hall–Kier alpha value is -2.42. The predicted molar refractivity (Wildman–Crippen MR) is 75.8 cm³/mol. The average molecular weight is 287 g/mol. The number of hydrazine groups is 1. The number of amides is 2. The molecule has 20 heavy (non-hydrogen) atoms. The number of nitrogens with zero attached hydrogens (tertiary/aromatic N) is 2.